The van der Waals surface area contributed by atoms with E-state index in [9.17, 15) is 18.0 Å². The molecule has 170 valence electrons. The minimum absolute atomic E-state index is 0.00695. The van der Waals surface area contributed by atoms with E-state index in [0.29, 0.717) is 11.2 Å². The summed E-state index contributed by atoms with van der Waals surface area (Å²) in [6.07, 6.45) is 6.99. The van der Waals surface area contributed by atoms with Gasteiger partial charge in [0, 0.05) is 26.3 Å². The number of hydrogen-bond donors (Lipinski definition) is 2. The fraction of sp³-hybridized carbons (Fsp3) is 0.409. The minimum atomic E-state index is -4.18. The summed E-state index contributed by atoms with van der Waals surface area (Å²) in [5.41, 5.74) is 0.737. The van der Waals surface area contributed by atoms with Crippen LogP contribution in [-0.2, 0) is 10.0 Å². The third-order valence-electron chi connectivity index (χ3n) is 6.30. The highest BCUT2D eigenvalue weighted by molar-refractivity contribution is 7.90. The molecule has 2 aliphatic carbocycles. The van der Waals surface area contributed by atoms with Crippen molar-refractivity contribution in [1.29, 1.82) is 0 Å². The van der Waals surface area contributed by atoms with E-state index < -0.39 is 15.9 Å². The Morgan fingerprint density at radius 2 is 1.84 bits per heavy atom. The lowest BCUT2D eigenvalue weighted by molar-refractivity contribution is -0.000626. The number of benzene rings is 1. The first-order valence-corrected chi connectivity index (χ1v) is 12.3. The second-order valence-corrected chi connectivity index (χ2v) is 10.9. The number of aromatic nitrogens is 1. The third kappa shape index (κ3) is 4.45. The number of anilines is 1. The number of carbonyl (C=O) groups is 2. The van der Waals surface area contributed by atoms with Crippen LogP contribution in [0.2, 0.25) is 5.02 Å². The van der Waals surface area contributed by atoms with E-state index >= 15 is 0 Å². The molecule has 2 aliphatic rings. The van der Waals surface area contributed by atoms with Gasteiger partial charge in [0.1, 0.15) is 5.82 Å². The molecule has 1 heterocycles. The average molecular weight is 477 g/mol. The standard InChI is InChI=1S/C22H25ClN4O4S/c1-27(2)19-7-4-14(13-24-19)20(28)26-32(30,31)16-5-6-17(18(23)10-16)21(29)25-15-11-22(12-15)8-3-9-22/h4-7,10,13,15H,3,8-9,11-12H2,1-2H3,(H,25,29)(H,26,28). The first kappa shape index (κ1) is 22.5. The molecule has 0 bridgehead atoms. The topological polar surface area (TPSA) is 108 Å². The first-order chi connectivity index (χ1) is 15.1. The van der Waals surface area contributed by atoms with Crippen molar-refractivity contribution >= 4 is 39.3 Å². The number of hydrogen-bond acceptors (Lipinski definition) is 6. The molecule has 2 saturated carbocycles. The van der Waals surface area contributed by atoms with Gasteiger partial charge in [0.25, 0.3) is 21.8 Å². The smallest absolute Gasteiger partial charge is 0.266 e. The van der Waals surface area contributed by atoms with Gasteiger partial charge in [-0.25, -0.2) is 18.1 Å². The Morgan fingerprint density at radius 3 is 2.38 bits per heavy atom. The van der Waals surface area contributed by atoms with Crippen molar-refractivity contribution < 1.29 is 18.0 Å². The van der Waals surface area contributed by atoms with Gasteiger partial charge in [0.15, 0.2) is 0 Å². The highest BCUT2D eigenvalue weighted by Crippen LogP contribution is 2.55. The molecule has 0 aliphatic heterocycles. The van der Waals surface area contributed by atoms with Crippen molar-refractivity contribution in [2.75, 3.05) is 19.0 Å². The normalized spacial score (nSPS) is 17.2. The summed E-state index contributed by atoms with van der Waals surface area (Å²) in [4.78, 5) is 30.6. The molecule has 2 fully saturated rings. The quantitative estimate of drug-likeness (QED) is 0.663. The van der Waals surface area contributed by atoms with E-state index in [1.54, 1.807) is 25.1 Å². The highest BCUT2D eigenvalue weighted by atomic mass is 35.5. The Bertz CT molecular complexity index is 1150. The molecule has 8 nitrogen and oxygen atoms in total. The first-order valence-electron chi connectivity index (χ1n) is 10.4. The minimum Gasteiger partial charge on any atom is -0.363 e. The van der Waals surface area contributed by atoms with Crippen molar-refractivity contribution in [3.63, 3.8) is 0 Å². The molecule has 0 atom stereocenters. The van der Waals surface area contributed by atoms with Crippen LogP contribution in [0.25, 0.3) is 0 Å². The molecule has 2 N–H and O–H groups in total. The van der Waals surface area contributed by atoms with Gasteiger partial charge in [0.05, 0.1) is 21.0 Å². The lowest BCUT2D eigenvalue weighted by Gasteiger charge is -2.54. The van der Waals surface area contributed by atoms with Crippen molar-refractivity contribution in [3.05, 3.63) is 52.7 Å². The monoisotopic (exact) mass is 476 g/mol. The van der Waals surface area contributed by atoms with E-state index in [0.717, 1.165) is 12.8 Å². The molecule has 4 rings (SSSR count). The zero-order valence-corrected chi connectivity index (χ0v) is 19.5. The number of carbonyl (C=O) groups excluding carboxylic acids is 2. The maximum absolute atomic E-state index is 12.6. The maximum atomic E-state index is 12.6. The Hall–Kier alpha value is -2.65. The van der Waals surface area contributed by atoms with Crippen LogP contribution in [0.5, 0.6) is 0 Å². The van der Waals surface area contributed by atoms with Crippen molar-refractivity contribution in [1.82, 2.24) is 15.0 Å². The third-order valence-corrected chi connectivity index (χ3v) is 7.94. The molecular weight excluding hydrogens is 452 g/mol. The number of amides is 2. The van der Waals surface area contributed by atoms with E-state index in [-0.39, 0.29) is 33.0 Å². The molecule has 10 heteroatoms. The summed E-state index contributed by atoms with van der Waals surface area (Å²) in [5.74, 6) is -0.500. The Labute approximate surface area is 192 Å². The van der Waals surface area contributed by atoms with Crippen LogP contribution in [0.4, 0.5) is 5.82 Å². The number of halogens is 1. The Balaban J connectivity index is 1.41. The van der Waals surface area contributed by atoms with Gasteiger partial charge in [-0.05, 0) is 61.4 Å². The van der Waals surface area contributed by atoms with Crippen LogP contribution in [0.15, 0.2) is 41.4 Å². The summed E-state index contributed by atoms with van der Waals surface area (Å²) in [7, 11) is -0.575. The van der Waals surface area contributed by atoms with Crippen LogP contribution in [0, 0.1) is 5.41 Å². The predicted octanol–water partition coefficient (Wildman–Crippen LogP) is 2.98. The average Bonchev–Trinajstić information content (AvgIpc) is 2.68. The zero-order valence-electron chi connectivity index (χ0n) is 17.9. The van der Waals surface area contributed by atoms with E-state index in [1.165, 1.54) is 49.7 Å². The van der Waals surface area contributed by atoms with E-state index in [1.807, 2.05) is 4.72 Å². The summed E-state index contributed by atoms with van der Waals surface area (Å²) >= 11 is 6.22. The Kier molecular flexibility index (Phi) is 5.89. The van der Waals surface area contributed by atoms with Crippen molar-refractivity contribution in [2.45, 2.75) is 43.0 Å². The van der Waals surface area contributed by atoms with Crippen LogP contribution < -0.4 is 14.9 Å². The molecule has 2 amide bonds. The molecular formula is C22H25ClN4O4S. The van der Waals surface area contributed by atoms with Gasteiger partial charge in [-0.2, -0.15) is 0 Å². The number of nitrogens with zero attached hydrogens (tertiary/aromatic N) is 2. The maximum Gasteiger partial charge on any atom is 0.266 e. The molecule has 1 aromatic carbocycles. The summed E-state index contributed by atoms with van der Waals surface area (Å²) in [5, 5.41) is 2.98. The largest absolute Gasteiger partial charge is 0.363 e. The lowest BCUT2D eigenvalue weighted by atomic mass is 9.54. The van der Waals surface area contributed by atoms with Crippen LogP contribution in [0.3, 0.4) is 0 Å². The van der Waals surface area contributed by atoms with Crippen molar-refractivity contribution in [2.24, 2.45) is 5.41 Å². The van der Waals surface area contributed by atoms with Gasteiger partial charge in [-0.1, -0.05) is 18.0 Å². The van der Waals surface area contributed by atoms with Gasteiger partial charge in [-0.15, -0.1) is 0 Å². The lowest BCUT2D eigenvalue weighted by Crippen LogP contribution is -2.53. The van der Waals surface area contributed by atoms with E-state index in [2.05, 4.69) is 10.3 Å². The van der Waals surface area contributed by atoms with Gasteiger partial charge < -0.3 is 10.2 Å². The second-order valence-electron chi connectivity index (χ2n) is 8.81. The van der Waals surface area contributed by atoms with Gasteiger partial charge in [-0.3, -0.25) is 9.59 Å². The summed E-state index contributed by atoms with van der Waals surface area (Å²) in [6.45, 7) is 0. The second kappa shape index (κ2) is 8.37. The molecule has 0 unspecified atom stereocenters. The predicted molar refractivity (Wildman–Crippen MR) is 121 cm³/mol. The number of sulfonamides is 1. The molecule has 1 spiro atoms. The fourth-order valence-corrected chi connectivity index (χ4v) is 5.64. The molecule has 32 heavy (non-hydrogen) atoms. The molecule has 2 aromatic rings. The summed E-state index contributed by atoms with van der Waals surface area (Å²) < 4.78 is 27.3. The number of nitrogens with one attached hydrogen (secondary N) is 2. The highest BCUT2D eigenvalue weighted by Gasteiger charge is 2.48. The van der Waals surface area contributed by atoms with Gasteiger partial charge in [0.2, 0.25) is 0 Å². The van der Waals surface area contributed by atoms with Crippen LogP contribution >= 0.6 is 11.6 Å². The zero-order chi connectivity index (χ0) is 23.1. The van der Waals surface area contributed by atoms with E-state index in [4.69, 9.17) is 11.6 Å². The number of pyridine rings is 1. The van der Waals surface area contributed by atoms with Crippen molar-refractivity contribution in [3.8, 4) is 0 Å². The Morgan fingerprint density at radius 1 is 1.12 bits per heavy atom. The molecule has 1 aromatic heterocycles. The molecule has 0 radical (unpaired) electrons. The molecule has 0 saturated heterocycles. The number of rotatable bonds is 6. The SMILES string of the molecule is CN(C)c1ccc(C(=O)NS(=O)(=O)c2ccc(C(=O)NC3CC4(CCC4)C3)c(Cl)c2)cn1. The van der Waals surface area contributed by atoms with Crippen LogP contribution in [-0.4, -0.2) is 45.4 Å². The van der Waals surface area contributed by atoms with Gasteiger partial charge >= 0.3 is 0 Å². The van der Waals surface area contributed by atoms with Crippen LogP contribution in [0.1, 0.15) is 52.8 Å². The summed E-state index contributed by atoms with van der Waals surface area (Å²) in [6, 6.07) is 7.03. The fourth-order valence-electron chi connectivity index (χ4n) is 4.31.